The zero-order chi connectivity index (χ0) is 17.2. The standard InChI is InChI=1S/C17H24Cl2N2O2/c1-11(21-8-7-13(10-21)23-17(2,3)4)16(22)20-15-9-12(18)5-6-14(15)19/h5-6,9,11,13H,7-8,10H2,1-4H3,(H,20,22)/t11?,13-/m0/s1. The van der Waals surface area contributed by atoms with E-state index >= 15 is 0 Å². The number of halogens is 2. The SMILES string of the molecule is CC(C(=O)Nc1cc(Cl)ccc1Cl)N1CC[C@H](OC(C)(C)C)C1. The molecule has 2 rings (SSSR count). The highest BCUT2D eigenvalue weighted by Crippen LogP contribution is 2.26. The molecule has 4 nitrogen and oxygen atoms in total. The average molecular weight is 359 g/mol. The largest absolute Gasteiger partial charge is 0.371 e. The lowest BCUT2D eigenvalue weighted by atomic mass is 10.2. The highest BCUT2D eigenvalue weighted by atomic mass is 35.5. The number of nitrogens with one attached hydrogen (secondary N) is 1. The van der Waals surface area contributed by atoms with Gasteiger partial charge < -0.3 is 10.1 Å². The second kappa shape index (κ2) is 7.39. The van der Waals surface area contributed by atoms with Crippen LogP contribution in [0.15, 0.2) is 18.2 Å². The summed E-state index contributed by atoms with van der Waals surface area (Å²) in [7, 11) is 0. The third kappa shape index (κ3) is 5.35. The molecule has 6 heteroatoms. The number of nitrogens with zero attached hydrogens (tertiary/aromatic N) is 1. The minimum atomic E-state index is -0.251. The number of rotatable bonds is 4. The van der Waals surface area contributed by atoms with Crippen molar-refractivity contribution in [3.8, 4) is 0 Å². The summed E-state index contributed by atoms with van der Waals surface area (Å²) in [5.41, 5.74) is 0.373. The summed E-state index contributed by atoms with van der Waals surface area (Å²) in [5, 5.41) is 3.87. The van der Waals surface area contributed by atoms with Gasteiger partial charge in [0.15, 0.2) is 0 Å². The van der Waals surface area contributed by atoms with Crippen LogP contribution in [0.5, 0.6) is 0 Å². The summed E-state index contributed by atoms with van der Waals surface area (Å²) in [4.78, 5) is 14.6. The van der Waals surface area contributed by atoms with E-state index in [0.29, 0.717) is 15.7 Å². The van der Waals surface area contributed by atoms with Gasteiger partial charge in [0.05, 0.1) is 28.5 Å². The molecule has 1 amide bonds. The fraction of sp³-hybridized carbons (Fsp3) is 0.588. The molecule has 0 bridgehead atoms. The second-order valence-corrected chi connectivity index (χ2v) is 7.77. The predicted octanol–water partition coefficient (Wildman–Crippen LogP) is 4.21. The summed E-state index contributed by atoms with van der Waals surface area (Å²) >= 11 is 12.0. The van der Waals surface area contributed by atoms with E-state index in [-0.39, 0.29) is 23.7 Å². The van der Waals surface area contributed by atoms with Gasteiger partial charge in [0.25, 0.3) is 0 Å². The van der Waals surface area contributed by atoms with Crippen LogP contribution in [0.4, 0.5) is 5.69 Å². The Morgan fingerprint density at radius 3 is 2.74 bits per heavy atom. The fourth-order valence-corrected chi connectivity index (χ4v) is 3.04. The lowest BCUT2D eigenvalue weighted by Crippen LogP contribution is -2.41. The Kier molecular flexibility index (Phi) is 5.95. The maximum atomic E-state index is 12.5. The molecule has 128 valence electrons. The first kappa shape index (κ1) is 18.5. The molecule has 1 aromatic carbocycles. The van der Waals surface area contributed by atoms with Crippen molar-refractivity contribution in [2.24, 2.45) is 0 Å². The van der Waals surface area contributed by atoms with Crippen LogP contribution in [-0.2, 0) is 9.53 Å². The molecule has 0 radical (unpaired) electrons. The van der Waals surface area contributed by atoms with Crippen molar-refractivity contribution in [1.82, 2.24) is 4.90 Å². The molecule has 1 heterocycles. The number of anilines is 1. The van der Waals surface area contributed by atoms with Crippen molar-refractivity contribution >= 4 is 34.8 Å². The molecular weight excluding hydrogens is 335 g/mol. The van der Waals surface area contributed by atoms with Gasteiger partial charge in [-0.05, 0) is 52.3 Å². The van der Waals surface area contributed by atoms with Gasteiger partial charge in [-0.25, -0.2) is 0 Å². The first-order chi connectivity index (χ1) is 10.7. The molecule has 0 aromatic heterocycles. The molecular formula is C17H24Cl2N2O2. The molecule has 1 saturated heterocycles. The third-order valence-electron chi connectivity index (χ3n) is 3.81. The molecule has 0 aliphatic carbocycles. The topological polar surface area (TPSA) is 41.6 Å². The van der Waals surface area contributed by atoms with Gasteiger partial charge in [0.1, 0.15) is 0 Å². The molecule has 2 atom stereocenters. The lowest BCUT2D eigenvalue weighted by molar-refractivity contribution is -0.120. The van der Waals surface area contributed by atoms with E-state index in [1.165, 1.54) is 0 Å². The molecule has 0 spiro atoms. The van der Waals surface area contributed by atoms with Crippen molar-refractivity contribution in [2.75, 3.05) is 18.4 Å². The maximum absolute atomic E-state index is 12.5. The van der Waals surface area contributed by atoms with E-state index in [4.69, 9.17) is 27.9 Å². The van der Waals surface area contributed by atoms with E-state index in [1.807, 2.05) is 27.7 Å². The molecule has 23 heavy (non-hydrogen) atoms. The van der Waals surface area contributed by atoms with Crippen molar-refractivity contribution < 1.29 is 9.53 Å². The van der Waals surface area contributed by atoms with E-state index in [0.717, 1.165) is 19.5 Å². The number of benzene rings is 1. The number of amides is 1. The molecule has 1 unspecified atom stereocenters. The van der Waals surface area contributed by atoms with E-state index in [2.05, 4.69) is 10.2 Å². The number of hydrogen-bond acceptors (Lipinski definition) is 3. The van der Waals surface area contributed by atoms with Gasteiger partial charge >= 0.3 is 0 Å². The van der Waals surface area contributed by atoms with Gasteiger partial charge in [0, 0.05) is 18.1 Å². The summed E-state index contributed by atoms with van der Waals surface area (Å²) in [6.45, 7) is 9.65. The molecule has 1 aliphatic rings. The van der Waals surface area contributed by atoms with Crippen molar-refractivity contribution in [3.63, 3.8) is 0 Å². The molecule has 1 fully saturated rings. The van der Waals surface area contributed by atoms with Gasteiger partial charge in [0.2, 0.25) is 5.91 Å². The van der Waals surface area contributed by atoms with E-state index in [1.54, 1.807) is 18.2 Å². The monoisotopic (exact) mass is 358 g/mol. The Bertz CT molecular complexity index is 572. The molecule has 1 aromatic rings. The quantitative estimate of drug-likeness (QED) is 0.876. The normalized spacial score (nSPS) is 20.5. The molecule has 1 N–H and O–H groups in total. The first-order valence-electron chi connectivity index (χ1n) is 7.83. The zero-order valence-corrected chi connectivity index (χ0v) is 15.5. The Hall–Kier alpha value is -0.810. The van der Waals surface area contributed by atoms with Crippen LogP contribution >= 0.6 is 23.2 Å². The van der Waals surface area contributed by atoms with Crippen LogP contribution in [-0.4, -0.2) is 41.6 Å². The minimum Gasteiger partial charge on any atom is -0.371 e. The van der Waals surface area contributed by atoms with Crippen LogP contribution in [0, 0.1) is 0 Å². The highest BCUT2D eigenvalue weighted by Gasteiger charge is 2.32. The zero-order valence-electron chi connectivity index (χ0n) is 14.0. The number of likely N-dealkylation sites (tertiary alicyclic amines) is 1. The van der Waals surface area contributed by atoms with Gasteiger partial charge in [-0.1, -0.05) is 23.2 Å². The molecule has 0 saturated carbocycles. The van der Waals surface area contributed by atoms with Crippen LogP contribution < -0.4 is 5.32 Å². The van der Waals surface area contributed by atoms with Crippen molar-refractivity contribution in [2.45, 2.75) is 51.9 Å². The van der Waals surface area contributed by atoms with Gasteiger partial charge in [-0.2, -0.15) is 0 Å². The summed E-state index contributed by atoms with van der Waals surface area (Å²) in [6, 6.07) is 4.77. The number of carbonyl (C=O) groups is 1. The van der Waals surface area contributed by atoms with Crippen LogP contribution in [0.2, 0.25) is 10.0 Å². The van der Waals surface area contributed by atoms with Gasteiger partial charge in [-0.3, -0.25) is 9.69 Å². The Morgan fingerprint density at radius 1 is 1.39 bits per heavy atom. The van der Waals surface area contributed by atoms with Crippen LogP contribution in [0.1, 0.15) is 34.1 Å². The third-order valence-corrected chi connectivity index (χ3v) is 4.37. The number of ether oxygens (including phenoxy) is 1. The van der Waals surface area contributed by atoms with Crippen molar-refractivity contribution in [1.29, 1.82) is 0 Å². The van der Waals surface area contributed by atoms with Gasteiger partial charge in [-0.15, -0.1) is 0 Å². The second-order valence-electron chi connectivity index (χ2n) is 6.93. The Morgan fingerprint density at radius 2 is 2.09 bits per heavy atom. The Labute approximate surface area is 148 Å². The van der Waals surface area contributed by atoms with E-state index in [9.17, 15) is 4.79 Å². The first-order valence-corrected chi connectivity index (χ1v) is 8.59. The average Bonchev–Trinajstić information content (AvgIpc) is 2.88. The minimum absolute atomic E-state index is 0.0921. The fourth-order valence-electron chi connectivity index (χ4n) is 2.70. The Balaban J connectivity index is 1.94. The molecule has 1 aliphatic heterocycles. The van der Waals surface area contributed by atoms with E-state index < -0.39 is 0 Å². The lowest BCUT2D eigenvalue weighted by Gasteiger charge is -2.27. The van der Waals surface area contributed by atoms with Crippen molar-refractivity contribution in [3.05, 3.63) is 28.2 Å². The smallest absolute Gasteiger partial charge is 0.241 e. The highest BCUT2D eigenvalue weighted by molar-refractivity contribution is 6.35. The number of hydrogen-bond donors (Lipinski definition) is 1. The predicted molar refractivity (Wildman–Crippen MR) is 95.4 cm³/mol. The van der Waals surface area contributed by atoms with Crippen LogP contribution in [0.25, 0.3) is 0 Å². The van der Waals surface area contributed by atoms with Crippen LogP contribution in [0.3, 0.4) is 0 Å². The summed E-state index contributed by atoms with van der Waals surface area (Å²) in [5.74, 6) is -0.0921. The summed E-state index contributed by atoms with van der Waals surface area (Å²) in [6.07, 6.45) is 1.10. The summed E-state index contributed by atoms with van der Waals surface area (Å²) < 4.78 is 6.00. The maximum Gasteiger partial charge on any atom is 0.241 e. The number of carbonyl (C=O) groups excluding carboxylic acids is 1.